The summed E-state index contributed by atoms with van der Waals surface area (Å²) in [5.41, 5.74) is 1.87. The first-order valence-electron chi connectivity index (χ1n) is 8.18. The molecule has 1 aliphatic heterocycles. The normalized spacial score (nSPS) is 18.7. The Morgan fingerprint density at radius 2 is 2.05 bits per heavy atom. The van der Waals surface area contributed by atoms with E-state index >= 15 is 0 Å². The molecule has 2 rings (SSSR count). The molecule has 0 bridgehead atoms. The van der Waals surface area contributed by atoms with E-state index in [0.29, 0.717) is 12.6 Å². The van der Waals surface area contributed by atoms with Crippen LogP contribution in [-0.4, -0.2) is 43.7 Å². The minimum atomic E-state index is -0.0975. The van der Waals surface area contributed by atoms with Gasteiger partial charge in [-0.05, 0) is 38.2 Å². The second kappa shape index (κ2) is 7.76. The molecular formula is C17H28FN3. The fourth-order valence-electron chi connectivity index (χ4n) is 3.27. The van der Waals surface area contributed by atoms with Crippen LogP contribution in [0.3, 0.4) is 0 Å². The first-order valence-corrected chi connectivity index (χ1v) is 8.18. The van der Waals surface area contributed by atoms with Crippen LogP contribution >= 0.6 is 0 Å². The highest BCUT2D eigenvalue weighted by Gasteiger charge is 2.27. The van der Waals surface area contributed by atoms with Crippen molar-refractivity contribution in [1.82, 2.24) is 10.2 Å². The Labute approximate surface area is 128 Å². The number of hydrogen-bond acceptors (Lipinski definition) is 3. The number of likely N-dealkylation sites (N-methyl/N-ethyl adjacent to an activating group) is 1. The predicted octanol–water partition coefficient (Wildman–Crippen LogP) is 2.86. The van der Waals surface area contributed by atoms with Gasteiger partial charge in [-0.15, -0.1) is 0 Å². The van der Waals surface area contributed by atoms with Crippen LogP contribution in [0.4, 0.5) is 10.1 Å². The molecule has 0 aliphatic carbocycles. The number of hydrogen-bond donors (Lipinski definition) is 1. The van der Waals surface area contributed by atoms with Gasteiger partial charge in [0.05, 0.1) is 0 Å². The smallest absolute Gasteiger partial charge is 0.129 e. The van der Waals surface area contributed by atoms with Crippen molar-refractivity contribution >= 4 is 5.69 Å². The Kier molecular flexibility index (Phi) is 6.00. The lowest BCUT2D eigenvalue weighted by Gasteiger charge is -2.27. The van der Waals surface area contributed by atoms with Crippen molar-refractivity contribution in [2.45, 2.75) is 39.8 Å². The standard InChI is InChI=1S/C17H28FN3/c1-4-19-12-15-16(18)8-7-9-17(15)21-11-10-14(13-21)20(5-2)6-3/h7-9,14,19H,4-6,10-13H2,1-3H3. The van der Waals surface area contributed by atoms with Crippen LogP contribution in [-0.2, 0) is 6.54 Å². The lowest BCUT2D eigenvalue weighted by atomic mass is 10.1. The van der Waals surface area contributed by atoms with E-state index in [9.17, 15) is 4.39 Å². The number of anilines is 1. The van der Waals surface area contributed by atoms with E-state index in [1.54, 1.807) is 6.07 Å². The molecule has 21 heavy (non-hydrogen) atoms. The van der Waals surface area contributed by atoms with Gasteiger partial charge in [-0.1, -0.05) is 26.8 Å². The predicted molar refractivity (Wildman–Crippen MR) is 87.3 cm³/mol. The summed E-state index contributed by atoms with van der Waals surface area (Å²) < 4.78 is 14.1. The van der Waals surface area contributed by atoms with Gasteiger partial charge in [0.1, 0.15) is 5.82 Å². The molecule has 1 aliphatic rings. The second-order valence-electron chi connectivity index (χ2n) is 5.63. The quantitative estimate of drug-likeness (QED) is 0.834. The number of nitrogens with one attached hydrogen (secondary N) is 1. The third kappa shape index (κ3) is 3.74. The summed E-state index contributed by atoms with van der Waals surface area (Å²) in [4.78, 5) is 4.85. The second-order valence-corrected chi connectivity index (χ2v) is 5.63. The lowest BCUT2D eigenvalue weighted by molar-refractivity contribution is 0.232. The highest BCUT2D eigenvalue weighted by Crippen LogP contribution is 2.28. The van der Waals surface area contributed by atoms with Gasteiger partial charge in [0.25, 0.3) is 0 Å². The van der Waals surface area contributed by atoms with Crippen molar-refractivity contribution < 1.29 is 4.39 Å². The first kappa shape index (κ1) is 16.2. The fraction of sp³-hybridized carbons (Fsp3) is 0.647. The van der Waals surface area contributed by atoms with Crippen molar-refractivity contribution in [3.63, 3.8) is 0 Å². The monoisotopic (exact) mass is 293 g/mol. The van der Waals surface area contributed by atoms with Gasteiger partial charge < -0.3 is 10.2 Å². The van der Waals surface area contributed by atoms with Crippen LogP contribution in [0.1, 0.15) is 32.8 Å². The maximum Gasteiger partial charge on any atom is 0.129 e. The topological polar surface area (TPSA) is 18.5 Å². The van der Waals surface area contributed by atoms with Gasteiger partial charge in [0.15, 0.2) is 0 Å². The maximum atomic E-state index is 14.1. The molecule has 0 saturated carbocycles. The molecule has 1 N–H and O–H groups in total. The summed E-state index contributed by atoms with van der Waals surface area (Å²) in [5, 5.41) is 3.25. The van der Waals surface area contributed by atoms with Crippen LogP contribution in [0.15, 0.2) is 18.2 Å². The lowest BCUT2D eigenvalue weighted by Crippen LogP contribution is -2.37. The van der Waals surface area contributed by atoms with Gasteiger partial charge in [-0.25, -0.2) is 4.39 Å². The largest absolute Gasteiger partial charge is 0.370 e. The van der Waals surface area contributed by atoms with E-state index in [2.05, 4.69) is 35.0 Å². The van der Waals surface area contributed by atoms with Gasteiger partial charge >= 0.3 is 0 Å². The van der Waals surface area contributed by atoms with Crippen LogP contribution in [0.25, 0.3) is 0 Å². The number of benzene rings is 1. The summed E-state index contributed by atoms with van der Waals surface area (Å²) >= 11 is 0. The van der Waals surface area contributed by atoms with E-state index in [1.807, 2.05) is 13.0 Å². The molecule has 4 heteroatoms. The molecule has 1 aromatic rings. The van der Waals surface area contributed by atoms with Gasteiger partial charge in [-0.3, -0.25) is 4.90 Å². The summed E-state index contributed by atoms with van der Waals surface area (Å²) in [6, 6.07) is 6.04. The van der Waals surface area contributed by atoms with Gasteiger partial charge in [0.2, 0.25) is 0 Å². The van der Waals surface area contributed by atoms with Gasteiger partial charge in [-0.2, -0.15) is 0 Å². The van der Waals surface area contributed by atoms with Crippen LogP contribution in [0.2, 0.25) is 0 Å². The average Bonchev–Trinajstić information content (AvgIpc) is 2.97. The average molecular weight is 293 g/mol. The van der Waals surface area contributed by atoms with Crippen LogP contribution in [0, 0.1) is 5.82 Å². The van der Waals surface area contributed by atoms with E-state index in [4.69, 9.17) is 0 Å². The summed E-state index contributed by atoms with van der Waals surface area (Å²) in [6.07, 6.45) is 1.17. The van der Waals surface area contributed by atoms with Crippen molar-refractivity contribution in [2.75, 3.05) is 37.6 Å². The van der Waals surface area contributed by atoms with Crippen molar-refractivity contribution in [3.05, 3.63) is 29.6 Å². The molecule has 0 radical (unpaired) electrons. The number of nitrogens with zero attached hydrogens (tertiary/aromatic N) is 2. The van der Waals surface area contributed by atoms with Gasteiger partial charge in [0, 0.05) is 36.9 Å². The summed E-state index contributed by atoms with van der Waals surface area (Å²) in [7, 11) is 0. The third-order valence-electron chi connectivity index (χ3n) is 4.48. The van der Waals surface area contributed by atoms with Crippen molar-refractivity contribution in [2.24, 2.45) is 0 Å². The molecule has 0 aromatic heterocycles. The fourth-order valence-corrected chi connectivity index (χ4v) is 3.27. The van der Waals surface area contributed by atoms with Crippen molar-refractivity contribution in [3.8, 4) is 0 Å². The first-order chi connectivity index (χ1) is 10.2. The Hall–Kier alpha value is -1.13. The minimum absolute atomic E-state index is 0.0975. The molecule has 1 heterocycles. The van der Waals surface area contributed by atoms with E-state index < -0.39 is 0 Å². The molecule has 0 spiro atoms. The zero-order chi connectivity index (χ0) is 15.2. The SMILES string of the molecule is CCNCc1c(F)cccc1N1CCC(N(CC)CC)C1. The Morgan fingerprint density at radius 3 is 2.71 bits per heavy atom. The highest BCUT2D eigenvalue weighted by molar-refractivity contribution is 5.55. The Morgan fingerprint density at radius 1 is 1.29 bits per heavy atom. The number of rotatable bonds is 7. The number of halogens is 1. The molecule has 1 fully saturated rings. The van der Waals surface area contributed by atoms with Crippen LogP contribution in [0.5, 0.6) is 0 Å². The third-order valence-corrected chi connectivity index (χ3v) is 4.48. The zero-order valence-corrected chi connectivity index (χ0v) is 13.5. The molecule has 118 valence electrons. The van der Waals surface area contributed by atoms with E-state index in [0.717, 1.165) is 44.0 Å². The minimum Gasteiger partial charge on any atom is -0.370 e. The molecule has 1 atom stereocenters. The van der Waals surface area contributed by atoms with Crippen molar-refractivity contribution in [1.29, 1.82) is 0 Å². The molecule has 1 unspecified atom stereocenters. The maximum absolute atomic E-state index is 14.1. The van der Waals surface area contributed by atoms with Crippen LogP contribution < -0.4 is 10.2 Å². The van der Waals surface area contributed by atoms with E-state index in [-0.39, 0.29) is 5.82 Å². The summed E-state index contributed by atoms with van der Waals surface area (Å²) in [6.45, 7) is 12.1. The molecule has 1 aromatic carbocycles. The Bertz CT molecular complexity index is 446. The zero-order valence-electron chi connectivity index (χ0n) is 13.5. The summed E-state index contributed by atoms with van der Waals surface area (Å²) in [5.74, 6) is -0.0975. The molecule has 1 saturated heterocycles. The Balaban J connectivity index is 2.14. The van der Waals surface area contributed by atoms with E-state index in [1.165, 1.54) is 6.42 Å². The molecule has 0 amide bonds. The molecule has 3 nitrogen and oxygen atoms in total. The molecular weight excluding hydrogens is 265 g/mol. The highest BCUT2D eigenvalue weighted by atomic mass is 19.1.